The van der Waals surface area contributed by atoms with Gasteiger partial charge in [-0.2, -0.15) is 8.78 Å². The van der Waals surface area contributed by atoms with Crippen LogP contribution in [0.3, 0.4) is 0 Å². The molecule has 4 nitrogen and oxygen atoms in total. The summed E-state index contributed by atoms with van der Waals surface area (Å²) in [7, 11) is 1.12. The lowest BCUT2D eigenvalue weighted by Crippen LogP contribution is -2.38. The van der Waals surface area contributed by atoms with Crippen LogP contribution in [-0.2, 0) is 9.53 Å². The maximum absolute atomic E-state index is 13.0. The molecule has 0 saturated heterocycles. The molecule has 0 saturated carbocycles. The molecule has 1 aromatic rings. The first-order valence-electron chi connectivity index (χ1n) is 4.71. The molecular formula is C10H11BrF2N2O2. The van der Waals surface area contributed by atoms with Crippen molar-refractivity contribution in [3.8, 4) is 0 Å². The fourth-order valence-corrected chi connectivity index (χ4v) is 1.28. The minimum atomic E-state index is -3.48. The first-order valence-corrected chi connectivity index (χ1v) is 5.50. The smallest absolute Gasteiger partial charge is 0.329 e. The van der Waals surface area contributed by atoms with E-state index in [0.29, 0.717) is 5.82 Å². The van der Waals surface area contributed by atoms with Gasteiger partial charge in [-0.3, -0.25) is 4.79 Å². The summed E-state index contributed by atoms with van der Waals surface area (Å²) in [5.41, 5.74) is 0. The highest BCUT2D eigenvalue weighted by molar-refractivity contribution is 9.10. The van der Waals surface area contributed by atoms with Crippen LogP contribution in [0.15, 0.2) is 22.8 Å². The fraction of sp³-hybridized carbons (Fsp3) is 0.400. The van der Waals surface area contributed by atoms with Gasteiger partial charge in [-0.25, -0.2) is 4.98 Å². The normalized spacial score (nSPS) is 11.3. The Morgan fingerprint density at radius 3 is 2.82 bits per heavy atom. The second-order valence-corrected chi connectivity index (χ2v) is 4.19. The molecule has 0 radical (unpaired) electrons. The summed E-state index contributed by atoms with van der Waals surface area (Å²) < 4.78 is 31.1. The maximum Gasteiger partial charge on any atom is 0.329 e. The number of halogens is 3. The number of hydrogen-bond acceptors (Lipinski definition) is 4. The minimum Gasteiger partial charge on any atom is -0.378 e. The Morgan fingerprint density at radius 1 is 1.59 bits per heavy atom. The Labute approximate surface area is 105 Å². The summed E-state index contributed by atoms with van der Waals surface area (Å²) in [5.74, 6) is -4.35. The number of nitrogens with zero attached hydrogens (tertiary/aromatic N) is 1. The Bertz CT molecular complexity index is 384. The molecule has 0 spiro atoms. The van der Waals surface area contributed by atoms with Crippen LogP contribution in [0.5, 0.6) is 0 Å². The summed E-state index contributed by atoms with van der Waals surface area (Å²) >= 11 is 3.18. The standard InChI is InChI=1S/C10H11BrF2N2O2/c1-17-6-10(12,13)8(16)5-15-9-3-2-7(11)4-14-9/h2-4H,5-6H2,1H3,(H,14,15). The van der Waals surface area contributed by atoms with Gasteiger partial charge in [0.1, 0.15) is 12.4 Å². The zero-order valence-electron chi connectivity index (χ0n) is 9.04. The van der Waals surface area contributed by atoms with Crippen LogP contribution in [0.1, 0.15) is 0 Å². The van der Waals surface area contributed by atoms with E-state index in [1.807, 2.05) is 0 Å². The van der Waals surface area contributed by atoms with Crippen LogP contribution < -0.4 is 5.32 Å². The number of methoxy groups -OCH3 is 1. The van der Waals surface area contributed by atoms with Crippen LogP contribution in [0.2, 0.25) is 0 Å². The number of ether oxygens (including phenoxy) is 1. The van der Waals surface area contributed by atoms with E-state index in [0.717, 1.165) is 11.6 Å². The lowest BCUT2D eigenvalue weighted by molar-refractivity contribution is -0.148. The molecule has 0 atom stereocenters. The summed E-state index contributed by atoms with van der Waals surface area (Å²) in [6.45, 7) is -1.41. The average molecular weight is 309 g/mol. The summed E-state index contributed by atoms with van der Waals surface area (Å²) in [6.07, 6.45) is 1.50. The molecular weight excluding hydrogens is 298 g/mol. The van der Waals surface area contributed by atoms with E-state index in [4.69, 9.17) is 0 Å². The molecule has 17 heavy (non-hydrogen) atoms. The van der Waals surface area contributed by atoms with Crippen molar-refractivity contribution in [3.63, 3.8) is 0 Å². The number of aromatic nitrogens is 1. The van der Waals surface area contributed by atoms with Crippen molar-refractivity contribution in [3.05, 3.63) is 22.8 Å². The predicted octanol–water partition coefficient (Wildman–Crippen LogP) is 2.11. The van der Waals surface area contributed by atoms with Gasteiger partial charge in [-0.15, -0.1) is 0 Å². The second kappa shape index (κ2) is 6.02. The van der Waals surface area contributed by atoms with E-state index < -0.39 is 24.9 Å². The number of ketones is 1. The second-order valence-electron chi connectivity index (χ2n) is 3.28. The third-order valence-corrected chi connectivity index (χ3v) is 2.36. The highest BCUT2D eigenvalue weighted by Crippen LogP contribution is 2.16. The first-order chi connectivity index (χ1) is 7.95. The van der Waals surface area contributed by atoms with Gasteiger partial charge in [0.25, 0.3) is 0 Å². The molecule has 1 aromatic heterocycles. The van der Waals surface area contributed by atoms with Crippen LogP contribution in [-0.4, -0.2) is 37.0 Å². The fourth-order valence-electron chi connectivity index (χ4n) is 1.04. The molecule has 94 valence electrons. The molecule has 0 bridgehead atoms. The quantitative estimate of drug-likeness (QED) is 0.874. The van der Waals surface area contributed by atoms with Gasteiger partial charge < -0.3 is 10.1 Å². The number of nitrogens with one attached hydrogen (secondary N) is 1. The van der Waals surface area contributed by atoms with Gasteiger partial charge in [-0.1, -0.05) is 0 Å². The van der Waals surface area contributed by atoms with Crippen LogP contribution in [0.4, 0.5) is 14.6 Å². The number of rotatable bonds is 6. The molecule has 0 amide bonds. The molecule has 1 rings (SSSR count). The largest absolute Gasteiger partial charge is 0.378 e. The van der Waals surface area contributed by atoms with Crippen molar-refractivity contribution < 1.29 is 18.3 Å². The molecule has 0 aliphatic carbocycles. The number of carbonyl (C=O) groups excluding carboxylic acids is 1. The number of pyridine rings is 1. The summed E-state index contributed by atoms with van der Waals surface area (Å²) in [6, 6.07) is 3.26. The van der Waals surface area contributed by atoms with Crippen molar-refractivity contribution in [1.82, 2.24) is 4.98 Å². The molecule has 0 fully saturated rings. The minimum absolute atomic E-state index is 0.356. The van der Waals surface area contributed by atoms with Crippen molar-refractivity contribution in [2.75, 3.05) is 25.6 Å². The average Bonchev–Trinajstić information content (AvgIpc) is 2.27. The van der Waals surface area contributed by atoms with Crippen molar-refractivity contribution in [2.45, 2.75) is 5.92 Å². The van der Waals surface area contributed by atoms with Gasteiger partial charge in [0.15, 0.2) is 0 Å². The molecule has 0 aromatic carbocycles. The van der Waals surface area contributed by atoms with Gasteiger partial charge in [0.05, 0.1) is 6.54 Å². The molecule has 1 heterocycles. The Kier molecular flexibility index (Phi) is 4.95. The van der Waals surface area contributed by atoms with Crippen LogP contribution >= 0.6 is 15.9 Å². The van der Waals surface area contributed by atoms with Crippen molar-refractivity contribution in [1.29, 1.82) is 0 Å². The molecule has 7 heteroatoms. The first kappa shape index (κ1) is 14.0. The summed E-state index contributed by atoms with van der Waals surface area (Å²) in [4.78, 5) is 15.1. The van der Waals surface area contributed by atoms with E-state index in [2.05, 4.69) is 31.0 Å². The van der Waals surface area contributed by atoms with E-state index in [9.17, 15) is 13.6 Å². The zero-order chi connectivity index (χ0) is 12.9. The predicted molar refractivity (Wildman–Crippen MR) is 62.3 cm³/mol. The molecule has 0 unspecified atom stereocenters. The van der Waals surface area contributed by atoms with Crippen molar-refractivity contribution >= 4 is 27.5 Å². The van der Waals surface area contributed by atoms with Crippen LogP contribution in [0.25, 0.3) is 0 Å². The number of alkyl halides is 2. The topological polar surface area (TPSA) is 51.2 Å². The van der Waals surface area contributed by atoms with Crippen LogP contribution in [0, 0.1) is 0 Å². The number of Topliss-reactive ketones (excluding diaryl/α,β-unsaturated/α-hetero) is 1. The van der Waals surface area contributed by atoms with Crippen molar-refractivity contribution in [2.24, 2.45) is 0 Å². The van der Waals surface area contributed by atoms with E-state index in [-0.39, 0.29) is 0 Å². The third kappa shape index (κ3) is 4.35. The zero-order valence-corrected chi connectivity index (χ0v) is 10.6. The Balaban J connectivity index is 2.50. The molecule has 1 N–H and O–H groups in total. The Hall–Kier alpha value is -1.08. The molecule has 0 aliphatic heterocycles. The maximum atomic E-state index is 13.0. The highest BCUT2D eigenvalue weighted by Gasteiger charge is 2.37. The van der Waals surface area contributed by atoms with Gasteiger partial charge >= 0.3 is 5.92 Å². The van der Waals surface area contributed by atoms with Gasteiger partial charge in [-0.05, 0) is 28.1 Å². The summed E-state index contributed by atoms with van der Waals surface area (Å²) in [5, 5.41) is 2.52. The van der Waals surface area contributed by atoms with E-state index in [1.165, 1.54) is 6.20 Å². The number of hydrogen-bond donors (Lipinski definition) is 1. The monoisotopic (exact) mass is 308 g/mol. The third-order valence-electron chi connectivity index (χ3n) is 1.89. The van der Waals surface area contributed by atoms with E-state index >= 15 is 0 Å². The lowest BCUT2D eigenvalue weighted by atomic mass is 10.2. The van der Waals surface area contributed by atoms with E-state index in [1.54, 1.807) is 12.1 Å². The number of anilines is 1. The van der Waals surface area contributed by atoms with Gasteiger partial charge in [0, 0.05) is 17.8 Å². The SMILES string of the molecule is COCC(F)(F)C(=O)CNc1ccc(Br)cn1. The lowest BCUT2D eigenvalue weighted by Gasteiger charge is -2.14. The highest BCUT2D eigenvalue weighted by atomic mass is 79.9. The molecule has 0 aliphatic rings. The number of carbonyl (C=O) groups is 1. The van der Waals surface area contributed by atoms with Gasteiger partial charge in [0.2, 0.25) is 5.78 Å². The Morgan fingerprint density at radius 2 is 2.29 bits per heavy atom.